The van der Waals surface area contributed by atoms with Crippen molar-refractivity contribution in [1.29, 1.82) is 0 Å². The van der Waals surface area contributed by atoms with Crippen LogP contribution in [0.15, 0.2) is 182 Å². The Morgan fingerprint density at radius 2 is 0.925 bits per heavy atom. The molecule has 250 valence electrons. The SMILES string of the molecule is CC1(C)c2ccccc2-c2cc3ccc4c(-c5cc(-c6cc(-c7ccccc7)cc(-c7ccccc7)c6)nc(-c6ccccc6)n5)cccc4c3cc21. The number of aromatic nitrogens is 2. The largest absolute Gasteiger partial charge is 0.228 e. The summed E-state index contributed by atoms with van der Waals surface area (Å²) in [6.07, 6.45) is 0. The number of benzene rings is 8. The molecule has 53 heavy (non-hydrogen) atoms. The van der Waals surface area contributed by atoms with Crippen LogP contribution in [0.5, 0.6) is 0 Å². The van der Waals surface area contributed by atoms with Gasteiger partial charge in [-0.05, 0) is 102 Å². The summed E-state index contributed by atoms with van der Waals surface area (Å²) >= 11 is 0. The summed E-state index contributed by atoms with van der Waals surface area (Å²) in [5.74, 6) is 0.708. The van der Waals surface area contributed by atoms with E-state index >= 15 is 0 Å². The van der Waals surface area contributed by atoms with Crippen molar-refractivity contribution < 1.29 is 0 Å². The molecule has 1 aromatic heterocycles. The van der Waals surface area contributed by atoms with Gasteiger partial charge in [0.05, 0.1) is 11.4 Å². The molecule has 0 radical (unpaired) electrons. The van der Waals surface area contributed by atoms with Gasteiger partial charge in [-0.3, -0.25) is 0 Å². The first-order valence-electron chi connectivity index (χ1n) is 18.3. The molecule has 2 heteroatoms. The highest BCUT2D eigenvalue weighted by Crippen LogP contribution is 2.50. The highest BCUT2D eigenvalue weighted by Gasteiger charge is 2.35. The van der Waals surface area contributed by atoms with Crippen LogP contribution < -0.4 is 0 Å². The molecule has 1 aliphatic rings. The van der Waals surface area contributed by atoms with Gasteiger partial charge in [-0.15, -0.1) is 0 Å². The maximum absolute atomic E-state index is 5.29. The summed E-state index contributed by atoms with van der Waals surface area (Å²) in [5, 5.41) is 4.93. The molecule has 1 heterocycles. The molecule has 9 aromatic rings. The highest BCUT2D eigenvalue weighted by molar-refractivity contribution is 6.13. The second kappa shape index (κ2) is 12.3. The fourth-order valence-corrected chi connectivity index (χ4v) is 8.33. The minimum absolute atomic E-state index is 0.0705. The van der Waals surface area contributed by atoms with E-state index in [2.05, 4.69) is 190 Å². The molecule has 0 fully saturated rings. The molecule has 0 saturated heterocycles. The Hall–Kier alpha value is -6.64. The standard InChI is InChI=1S/C51H36N2/c1-51(2)46-24-13-12-21-42(46)45-30-36-25-26-41-40(44(36)31-47(45)51)22-14-23-43(41)49-32-48(52-50(53-49)35-19-10-5-11-20-35)39-28-37(33-15-6-3-7-16-33)27-38(29-39)34-17-8-4-9-18-34/h3-32H,1-2H3. The summed E-state index contributed by atoms with van der Waals surface area (Å²) in [4.78, 5) is 10.6. The van der Waals surface area contributed by atoms with Gasteiger partial charge in [0.15, 0.2) is 5.82 Å². The Morgan fingerprint density at radius 1 is 0.340 bits per heavy atom. The van der Waals surface area contributed by atoms with Crippen molar-refractivity contribution in [3.8, 4) is 67.3 Å². The Labute approximate surface area is 310 Å². The van der Waals surface area contributed by atoms with Crippen molar-refractivity contribution in [2.45, 2.75) is 19.3 Å². The molecule has 0 N–H and O–H groups in total. The van der Waals surface area contributed by atoms with Crippen LogP contribution in [0.4, 0.5) is 0 Å². The molecule has 10 rings (SSSR count). The van der Waals surface area contributed by atoms with Crippen LogP contribution in [0.25, 0.3) is 88.8 Å². The van der Waals surface area contributed by atoms with Gasteiger partial charge in [-0.2, -0.15) is 0 Å². The van der Waals surface area contributed by atoms with E-state index in [1.165, 1.54) is 54.9 Å². The number of fused-ring (bicyclic) bond motifs is 6. The third-order valence-corrected chi connectivity index (χ3v) is 11.1. The number of nitrogens with zero attached hydrogens (tertiary/aromatic N) is 2. The van der Waals surface area contributed by atoms with Gasteiger partial charge in [0.1, 0.15) is 0 Å². The van der Waals surface area contributed by atoms with E-state index in [1.807, 2.05) is 6.07 Å². The van der Waals surface area contributed by atoms with Crippen LogP contribution in [0.3, 0.4) is 0 Å². The first kappa shape index (κ1) is 31.1. The van der Waals surface area contributed by atoms with Crippen molar-refractivity contribution in [2.24, 2.45) is 0 Å². The van der Waals surface area contributed by atoms with Gasteiger partial charge < -0.3 is 0 Å². The van der Waals surface area contributed by atoms with Crippen LogP contribution in [-0.4, -0.2) is 9.97 Å². The molecule has 1 aliphatic carbocycles. The van der Waals surface area contributed by atoms with Crippen molar-refractivity contribution >= 4 is 21.5 Å². The zero-order chi connectivity index (χ0) is 35.5. The minimum atomic E-state index is -0.0705. The molecule has 2 nitrogen and oxygen atoms in total. The molecule has 0 saturated carbocycles. The predicted molar refractivity (Wildman–Crippen MR) is 222 cm³/mol. The van der Waals surface area contributed by atoms with E-state index in [4.69, 9.17) is 9.97 Å². The molecule has 0 unspecified atom stereocenters. The van der Waals surface area contributed by atoms with E-state index in [-0.39, 0.29) is 5.41 Å². The lowest BCUT2D eigenvalue weighted by atomic mass is 9.81. The highest BCUT2D eigenvalue weighted by atomic mass is 14.9. The van der Waals surface area contributed by atoms with E-state index in [0.29, 0.717) is 5.82 Å². The normalized spacial score (nSPS) is 12.9. The summed E-state index contributed by atoms with van der Waals surface area (Å²) < 4.78 is 0. The third-order valence-electron chi connectivity index (χ3n) is 11.1. The molecule has 0 aliphatic heterocycles. The first-order valence-corrected chi connectivity index (χ1v) is 18.3. The van der Waals surface area contributed by atoms with Crippen molar-refractivity contribution in [1.82, 2.24) is 9.97 Å². The monoisotopic (exact) mass is 676 g/mol. The topological polar surface area (TPSA) is 25.8 Å². The van der Waals surface area contributed by atoms with E-state index in [1.54, 1.807) is 0 Å². The van der Waals surface area contributed by atoms with E-state index < -0.39 is 0 Å². The predicted octanol–water partition coefficient (Wildman–Crippen LogP) is 13.4. The summed E-state index contributed by atoms with van der Waals surface area (Å²) in [6.45, 7) is 4.70. The maximum Gasteiger partial charge on any atom is 0.160 e. The molecule has 0 amide bonds. The van der Waals surface area contributed by atoms with Gasteiger partial charge in [0, 0.05) is 22.1 Å². The van der Waals surface area contributed by atoms with Gasteiger partial charge in [-0.25, -0.2) is 9.97 Å². The number of hydrogen-bond acceptors (Lipinski definition) is 2. The molecule has 8 aromatic carbocycles. The Bertz CT molecular complexity index is 2780. The average molecular weight is 677 g/mol. The van der Waals surface area contributed by atoms with Crippen molar-refractivity contribution in [3.63, 3.8) is 0 Å². The van der Waals surface area contributed by atoms with Crippen LogP contribution >= 0.6 is 0 Å². The molecular weight excluding hydrogens is 641 g/mol. The molecule has 0 bridgehead atoms. The van der Waals surface area contributed by atoms with Gasteiger partial charge >= 0.3 is 0 Å². The lowest BCUT2D eigenvalue weighted by Gasteiger charge is -2.22. The van der Waals surface area contributed by atoms with Gasteiger partial charge in [-0.1, -0.05) is 159 Å². The third kappa shape index (κ3) is 5.26. The second-order valence-corrected chi connectivity index (χ2v) is 14.6. The number of hydrogen-bond donors (Lipinski definition) is 0. The Kier molecular flexibility index (Phi) is 7.19. The minimum Gasteiger partial charge on any atom is -0.228 e. The Morgan fingerprint density at radius 3 is 1.62 bits per heavy atom. The fraction of sp³-hybridized carbons (Fsp3) is 0.0588. The summed E-state index contributed by atoms with van der Waals surface area (Å²) in [7, 11) is 0. The average Bonchev–Trinajstić information content (AvgIpc) is 3.45. The maximum atomic E-state index is 5.29. The van der Waals surface area contributed by atoms with Crippen LogP contribution in [0, 0.1) is 0 Å². The van der Waals surface area contributed by atoms with Crippen LogP contribution in [0.1, 0.15) is 25.0 Å². The van der Waals surface area contributed by atoms with Crippen molar-refractivity contribution in [2.75, 3.05) is 0 Å². The van der Waals surface area contributed by atoms with Crippen LogP contribution in [-0.2, 0) is 5.41 Å². The summed E-state index contributed by atoms with van der Waals surface area (Å²) in [6, 6.07) is 65.4. The van der Waals surface area contributed by atoms with Gasteiger partial charge in [0.25, 0.3) is 0 Å². The van der Waals surface area contributed by atoms with E-state index in [9.17, 15) is 0 Å². The molecular formula is C51H36N2. The molecule has 0 atom stereocenters. The quantitative estimate of drug-likeness (QED) is 0.170. The van der Waals surface area contributed by atoms with Gasteiger partial charge in [0.2, 0.25) is 0 Å². The zero-order valence-corrected chi connectivity index (χ0v) is 29.7. The second-order valence-electron chi connectivity index (χ2n) is 14.6. The zero-order valence-electron chi connectivity index (χ0n) is 29.7. The lowest BCUT2D eigenvalue weighted by molar-refractivity contribution is 0.661. The fourth-order valence-electron chi connectivity index (χ4n) is 8.33. The van der Waals surface area contributed by atoms with Crippen LogP contribution in [0.2, 0.25) is 0 Å². The number of rotatable bonds is 5. The summed E-state index contributed by atoms with van der Waals surface area (Å²) in [5.41, 5.74) is 15.0. The Balaban J connectivity index is 1.19. The van der Waals surface area contributed by atoms with Crippen molar-refractivity contribution in [3.05, 3.63) is 193 Å². The lowest BCUT2D eigenvalue weighted by Crippen LogP contribution is -2.14. The first-order chi connectivity index (χ1) is 26.0. The smallest absolute Gasteiger partial charge is 0.160 e. The molecule has 0 spiro atoms. The van der Waals surface area contributed by atoms with E-state index in [0.717, 1.165) is 39.2 Å².